The molecule has 0 aromatic heterocycles. The van der Waals surface area contributed by atoms with Crippen molar-refractivity contribution in [2.45, 2.75) is 180 Å². The van der Waals surface area contributed by atoms with Crippen molar-refractivity contribution in [3.8, 4) is 0 Å². The molecule has 11 nitrogen and oxygen atoms in total. The van der Waals surface area contributed by atoms with Crippen LogP contribution in [-0.2, 0) is 60.8 Å². The first kappa shape index (κ1) is 46.6. The first-order valence-electron chi connectivity index (χ1n) is 20.9. The van der Waals surface area contributed by atoms with Gasteiger partial charge in [0.15, 0.2) is 18.5 Å². The molecule has 3 rings (SSSR count). The summed E-state index contributed by atoms with van der Waals surface area (Å²) in [5.41, 5.74) is 1.65. The number of amides is 1. The molecule has 1 heterocycles. The molecule has 1 fully saturated rings. The Morgan fingerprint density at radius 3 is 1.71 bits per heavy atom. The number of hydrogen-bond acceptors (Lipinski definition) is 10. The summed E-state index contributed by atoms with van der Waals surface area (Å²) in [5.74, 6) is -2.12. The van der Waals surface area contributed by atoms with Gasteiger partial charge in [0.05, 0.1) is 6.61 Å². The summed E-state index contributed by atoms with van der Waals surface area (Å²) in [5, 5.41) is 2.82. The maximum absolute atomic E-state index is 13.1. The third-order valence-electron chi connectivity index (χ3n) is 9.89. The molecule has 0 bridgehead atoms. The van der Waals surface area contributed by atoms with Gasteiger partial charge in [0.25, 0.3) is 0 Å². The minimum atomic E-state index is -1.18. The molecule has 1 aliphatic heterocycles. The number of carbonyl (C=O) groups is 4. The number of rotatable bonds is 28. The highest BCUT2D eigenvalue weighted by Crippen LogP contribution is 2.30. The minimum absolute atomic E-state index is 0.0321. The molecule has 1 aliphatic rings. The summed E-state index contributed by atoms with van der Waals surface area (Å²) in [4.78, 5) is 51.0. The number of unbranched alkanes of at least 4 members (excludes halogenated alkanes) is 14. The lowest BCUT2D eigenvalue weighted by molar-refractivity contribution is -0.288. The first-order valence-corrected chi connectivity index (χ1v) is 20.9. The first-order chi connectivity index (χ1) is 27.2. The molecule has 0 aliphatic carbocycles. The van der Waals surface area contributed by atoms with Gasteiger partial charge in [-0.15, -0.1) is 0 Å². The lowest BCUT2D eigenvalue weighted by atomic mass is 9.95. The van der Waals surface area contributed by atoms with Crippen LogP contribution in [0.2, 0.25) is 0 Å². The lowest BCUT2D eigenvalue weighted by Crippen LogP contribution is -2.67. The number of hydrogen-bond donors (Lipinski definition) is 1. The third-order valence-corrected chi connectivity index (χ3v) is 9.89. The van der Waals surface area contributed by atoms with Crippen molar-refractivity contribution in [1.82, 2.24) is 5.32 Å². The summed E-state index contributed by atoms with van der Waals surface area (Å²) in [7, 11) is 0. The molecule has 2 aromatic carbocycles. The van der Waals surface area contributed by atoms with Gasteiger partial charge in [0, 0.05) is 20.3 Å². The predicted octanol–water partition coefficient (Wildman–Crippen LogP) is 8.69. The highest BCUT2D eigenvalue weighted by Gasteiger charge is 2.51. The zero-order valence-electron chi connectivity index (χ0n) is 34.3. The fraction of sp³-hybridized carbons (Fsp3) is 0.644. The van der Waals surface area contributed by atoms with E-state index in [4.69, 9.17) is 28.4 Å². The van der Waals surface area contributed by atoms with E-state index in [0.29, 0.717) is 6.42 Å². The van der Waals surface area contributed by atoms with E-state index in [-0.39, 0.29) is 26.2 Å². The van der Waals surface area contributed by atoms with E-state index in [1.54, 1.807) is 0 Å². The molecular weight excluding hydrogens is 714 g/mol. The van der Waals surface area contributed by atoms with E-state index in [9.17, 15) is 19.2 Å². The standard InChI is InChI=1S/C45H67NO10/c1-5-6-7-8-9-10-11-12-13-14-15-16-17-18-25-30-40(49)51-33-39-42(55-36(4)48)43(54-34(2)44(50)52-31-37-26-21-19-22-27-37)41(46-35(3)47)45(56-39)53-32-38-28-23-20-24-29-38/h19-24,26-29,34,39,41-43,45H,5-18,25,30-33H2,1-4H3,(H,46,47)/t34?,39-,41-,42-,43-,45-/m1/s1. The molecule has 11 heteroatoms. The van der Waals surface area contributed by atoms with Crippen LogP contribution >= 0.6 is 0 Å². The van der Waals surface area contributed by atoms with Gasteiger partial charge in [-0.25, -0.2) is 4.79 Å². The van der Waals surface area contributed by atoms with Gasteiger partial charge < -0.3 is 33.7 Å². The average Bonchev–Trinajstić information content (AvgIpc) is 3.19. The Labute approximate surface area is 334 Å². The number of nitrogens with one attached hydrogen (secondary N) is 1. The van der Waals surface area contributed by atoms with Crippen LogP contribution in [0.5, 0.6) is 0 Å². The van der Waals surface area contributed by atoms with E-state index < -0.39 is 60.6 Å². The Balaban J connectivity index is 1.57. The van der Waals surface area contributed by atoms with Crippen LogP contribution in [0.3, 0.4) is 0 Å². The smallest absolute Gasteiger partial charge is 0.335 e. The molecule has 1 N–H and O–H groups in total. The fourth-order valence-corrected chi connectivity index (χ4v) is 6.84. The fourth-order valence-electron chi connectivity index (χ4n) is 6.84. The van der Waals surface area contributed by atoms with Crippen LogP contribution in [0, 0.1) is 0 Å². The maximum Gasteiger partial charge on any atom is 0.335 e. The molecule has 6 atom stereocenters. The van der Waals surface area contributed by atoms with Gasteiger partial charge in [-0.2, -0.15) is 0 Å². The molecule has 2 aromatic rings. The highest BCUT2D eigenvalue weighted by atomic mass is 16.7. The van der Waals surface area contributed by atoms with E-state index in [0.717, 1.165) is 30.4 Å². The minimum Gasteiger partial charge on any atom is -0.463 e. The van der Waals surface area contributed by atoms with Gasteiger partial charge in [-0.05, 0) is 24.5 Å². The van der Waals surface area contributed by atoms with Gasteiger partial charge in [-0.3, -0.25) is 14.4 Å². The van der Waals surface area contributed by atoms with Crippen molar-refractivity contribution < 1.29 is 47.6 Å². The van der Waals surface area contributed by atoms with Crippen molar-refractivity contribution in [3.05, 3.63) is 71.8 Å². The molecule has 312 valence electrons. The second-order valence-corrected chi connectivity index (χ2v) is 14.9. The topological polar surface area (TPSA) is 136 Å². The zero-order chi connectivity index (χ0) is 40.4. The van der Waals surface area contributed by atoms with E-state index in [2.05, 4.69) is 12.2 Å². The quantitative estimate of drug-likeness (QED) is 0.0508. The summed E-state index contributed by atoms with van der Waals surface area (Å²) < 4.78 is 35.7. The normalized spacial score (nSPS) is 19.8. The van der Waals surface area contributed by atoms with E-state index >= 15 is 0 Å². The van der Waals surface area contributed by atoms with Crippen LogP contribution < -0.4 is 5.32 Å². The van der Waals surface area contributed by atoms with Crippen LogP contribution in [0.15, 0.2) is 60.7 Å². The molecular formula is C45H67NO10. The monoisotopic (exact) mass is 781 g/mol. The molecule has 0 spiro atoms. The van der Waals surface area contributed by atoms with E-state index in [1.165, 1.54) is 91.4 Å². The Hall–Kier alpha value is -3.80. The van der Waals surface area contributed by atoms with E-state index in [1.807, 2.05) is 60.7 Å². The number of carbonyl (C=O) groups excluding carboxylic acids is 4. The second-order valence-electron chi connectivity index (χ2n) is 14.9. The SMILES string of the molecule is CCCCCCCCCCCCCCCCCC(=O)OC[C@H]1O[C@@H](OCc2ccccc2)[C@H](NC(C)=O)[C@@H](OC(C)C(=O)OCc2ccccc2)[C@@H]1OC(C)=O. The number of esters is 3. The molecule has 1 amide bonds. The van der Waals surface area contributed by atoms with Gasteiger partial charge in [0.2, 0.25) is 5.91 Å². The Morgan fingerprint density at radius 2 is 1.20 bits per heavy atom. The molecule has 1 unspecified atom stereocenters. The molecule has 0 radical (unpaired) electrons. The average molecular weight is 782 g/mol. The zero-order valence-corrected chi connectivity index (χ0v) is 34.3. The second kappa shape index (κ2) is 27.7. The van der Waals surface area contributed by atoms with Crippen LogP contribution in [0.4, 0.5) is 0 Å². The predicted molar refractivity (Wildman–Crippen MR) is 214 cm³/mol. The van der Waals surface area contributed by atoms with Crippen LogP contribution in [0.1, 0.15) is 142 Å². The van der Waals surface area contributed by atoms with Crippen molar-refractivity contribution in [2.24, 2.45) is 0 Å². The summed E-state index contributed by atoms with van der Waals surface area (Å²) >= 11 is 0. The van der Waals surface area contributed by atoms with Gasteiger partial charge in [-0.1, -0.05) is 157 Å². The maximum atomic E-state index is 13.1. The molecule has 56 heavy (non-hydrogen) atoms. The van der Waals surface area contributed by atoms with Crippen molar-refractivity contribution in [2.75, 3.05) is 6.61 Å². The Morgan fingerprint density at radius 1 is 0.679 bits per heavy atom. The third kappa shape index (κ3) is 18.9. The van der Waals surface area contributed by atoms with Gasteiger partial charge in [0.1, 0.15) is 31.5 Å². The summed E-state index contributed by atoms with van der Waals surface area (Å²) in [6.45, 7) is 6.22. The van der Waals surface area contributed by atoms with Crippen molar-refractivity contribution in [1.29, 1.82) is 0 Å². The van der Waals surface area contributed by atoms with Crippen molar-refractivity contribution in [3.63, 3.8) is 0 Å². The molecule has 0 saturated carbocycles. The largest absolute Gasteiger partial charge is 0.463 e. The number of benzene rings is 2. The highest BCUT2D eigenvalue weighted by molar-refractivity contribution is 5.75. The lowest BCUT2D eigenvalue weighted by Gasteiger charge is -2.46. The van der Waals surface area contributed by atoms with Crippen LogP contribution in [0.25, 0.3) is 0 Å². The van der Waals surface area contributed by atoms with Crippen molar-refractivity contribution >= 4 is 23.8 Å². The molecule has 1 saturated heterocycles. The van der Waals surface area contributed by atoms with Crippen LogP contribution in [-0.4, -0.2) is 67.2 Å². The number of ether oxygens (including phenoxy) is 6. The summed E-state index contributed by atoms with van der Waals surface area (Å²) in [6, 6.07) is 17.6. The van der Waals surface area contributed by atoms with Gasteiger partial charge >= 0.3 is 17.9 Å². The Kier molecular flexibility index (Phi) is 23.1. The summed E-state index contributed by atoms with van der Waals surface area (Å²) in [6.07, 6.45) is 13.1. The Bertz CT molecular complexity index is 1390.